The normalized spacial score (nSPS) is 23.4. The van der Waals surface area contributed by atoms with Gasteiger partial charge in [0, 0.05) is 17.8 Å². The van der Waals surface area contributed by atoms with E-state index < -0.39 is 0 Å². The van der Waals surface area contributed by atoms with Gasteiger partial charge in [-0.25, -0.2) is 9.97 Å². The first kappa shape index (κ1) is 12.6. The van der Waals surface area contributed by atoms with Crippen molar-refractivity contribution in [2.45, 2.75) is 52.5 Å². The molecule has 1 heterocycles. The molecule has 17 heavy (non-hydrogen) atoms. The third-order valence-electron chi connectivity index (χ3n) is 3.66. The number of nitrogens with zero attached hydrogens (tertiary/aromatic N) is 2. The standard InChI is InChI=1S/C13H20ClN3/c1-9-8-11(17-12(14)15-9)16-10-6-4-5-7-13(10,2)3/h8,10H,4-7H2,1-3H3,(H,15,16,17). The fourth-order valence-corrected chi connectivity index (χ4v) is 2.77. The number of anilines is 1. The molecule has 0 saturated heterocycles. The number of rotatable bonds is 2. The van der Waals surface area contributed by atoms with Crippen molar-refractivity contribution in [1.82, 2.24) is 9.97 Å². The Balaban J connectivity index is 2.14. The molecule has 1 N–H and O–H groups in total. The monoisotopic (exact) mass is 253 g/mol. The molecule has 4 heteroatoms. The molecule has 2 rings (SSSR count). The van der Waals surface area contributed by atoms with Crippen LogP contribution in [0.4, 0.5) is 5.82 Å². The van der Waals surface area contributed by atoms with Crippen LogP contribution in [0.1, 0.15) is 45.2 Å². The molecule has 0 radical (unpaired) electrons. The van der Waals surface area contributed by atoms with Crippen molar-refractivity contribution in [2.75, 3.05) is 5.32 Å². The molecule has 1 saturated carbocycles. The van der Waals surface area contributed by atoms with Crippen LogP contribution in [-0.4, -0.2) is 16.0 Å². The maximum atomic E-state index is 5.88. The summed E-state index contributed by atoms with van der Waals surface area (Å²) in [5.41, 5.74) is 1.23. The van der Waals surface area contributed by atoms with Gasteiger partial charge in [-0.1, -0.05) is 26.7 Å². The first-order chi connectivity index (χ1) is 7.97. The predicted octanol–water partition coefficient (Wildman–Crippen LogP) is 3.82. The van der Waals surface area contributed by atoms with Crippen LogP contribution >= 0.6 is 11.6 Å². The molecule has 94 valence electrons. The first-order valence-electron chi connectivity index (χ1n) is 6.25. The van der Waals surface area contributed by atoms with Gasteiger partial charge < -0.3 is 5.32 Å². The van der Waals surface area contributed by atoms with Gasteiger partial charge in [-0.3, -0.25) is 0 Å². The zero-order valence-electron chi connectivity index (χ0n) is 10.8. The molecule has 1 aliphatic carbocycles. The van der Waals surface area contributed by atoms with E-state index in [1.807, 2.05) is 13.0 Å². The number of hydrogen-bond donors (Lipinski definition) is 1. The highest BCUT2D eigenvalue weighted by atomic mass is 35.5. The van der Waals surface area contributed by atoms with Gasteiger partial charge in [0.25, 0.3) is 0 Å². The van der Waals surface area contributed by atoms with E-state index in [1.165, 1.54) is 25.7 Å². The van der Waals surface area contributed by atoms with E-state index in [0.29, 0.717) is 16.7 Å². The lowest BCUT2D eigenvalue weighted by Crippen LogP contribution is -2.39. The summed E-state index contributed by atoms with van der Waals surface area (Å²) in [5, 5.41) is 3.84. The summed E-state index contributed by atoms with van der Waals surface area (Å²) >= 11 is 5.88. The average molecular weight is 254 g/mol. The van der Waals surface area contributed by atoms with Crippen LogP contribution in [0.15, 0.2) is 6.07 Å². The van der Waals surface area contributed by atoms with Gasteiger partial charge >= 0.3 is 0 Å². The highest BCUT2D eigenvalue weighted by molar-refractivity contribution is 6.28. The SMILES string of the molecule is Cc1cc(NC2CCCCC2(C)C)nc(Cl)n1. The predicted molar refractivity (Wildman–Crippen MR) is 71.4 cm³/mol. The van der Waals surface area contributed by atoms with Crippen molar-refractivity contribution in [2.24, 2.45) is 5.41 Å². The lowest BCUT2D eigenvalue weighted by molar-refractivity contribution is 0.216. The Morgan fingerprint density at radius 2 is 2.12 bits per heavy atom. The molecule has 1 unspecified atom stereocenters. The van der Waals surface area contributed by atoms with E-state index in [9.17, 15) is 0 Å². The molecule has 1 aromatic heterocycles. The molecule has 0 aliphatic heterocycles. The van der Waals surface area contributed by atoms with Crippen molar-refractivity contribution in [3.63, 3.8) is 0 Å². The molecule has 1 atom stereocenters. The number of nitrogens with one attached hydrogen (secondary N) is 1. The summed E-state index contributed by atoms with van der Waals surface area (Å²) in [7, 11) is 0. The third kappa shape index (κ3) is 3.09. The van der Waals surface area contributed by atoms with Crippen molar-refractivity contribution in [3.8, 4) is 0 Å². The Kier molecular flexibility index (Phi) is 3.57. The Bertz CT molecular complexity index is 383. The fraction of sp³-hybridized carbons (Fsp3) is 0.692. The fourth-order valence-electron chi connectivity index (χ4n) is 2.55. The van der Waals surface area contributed by atoms with Crippen LogP contribution in [-0.2, 0) is 0 Å². The minimum absolute atomic E-state index is 0.320. The number of halogens is 1. The lowest BCUT2D eigenvalue weighted by Gasteiger charge is -2.39. The molecule has 1 aliphatic rings. The molecule has 0 bridgehead atoms. The summed E-state index contributed by atoms with van der Waals surface area (Å²) < 4.78 is 0. The highest BCUT2D eigenvalue weighted by Crippen LogP contribution is 2.37. The minimum Gasteiger partial charge on any atom is -0.367 e. The molecule has 0 aromatic carbocycles. The van der Waals surface area contributed by atoms with Gasteiger partial charge in [0.1, 0.15) is 5.82 Å². The van der Waals surface area contributed by atoms with E-state index in [1.54, 1.807) is 0 Å². The largest absolute Gasteiger partial charge is 0.367 e. The van der Waals surface area contributed by atoms with Gasteiger partial charge in [0.2, 0.25) is 5.28 Å². The van der Waals surface area contributed by atoms with Crippen molar-refractivity contribution < 1.29 is 0 Å². The molecular weight excluding hydrogens is 234 g/mol. The molecule has 1 aromatic rings. The maximum absolute atomic E-state index is 5.88. The van der Waals surface area contributed by atoms with Crippen LogP contribution < -0.4 is 5.32 Å². The van der Waals surface area contributed by atoms with E-state index in [-0.39, 0.29) is 0 Å². The number of aryl methyl sites for hydroxylation is 1. The quantitative estimate of drug-likeness (QED) is 0.815. The van der Waals surface area contributed by atoms with Gasteiger partial charge in [0.05, 0.1) is 0 Å². The van der Waals surface area contributed by atoms with Crippen LogP contribution in [0, 0.1) is 12.3 Å². The second-order valence-corrected chi connectivity index (χ2v) is 5.93. The summed E-state index contributed by atoms with van der Waals surface area (Å²) in [6.45, 7) is 6.57. The van der Waals surface area contributed by atoms with E-state index in [2.05, 4.69) is 29.1 Å². The Hall–Kier alpha value is -0.830. The van der Waals surface area contributed by atoms with E-state index in [0.717, 1.165) is 11.5 Å². The van der Waals surface area contributed by atoms with Crippen LogP contribution in [0.25, 0.3) is 0 Å². The Morgan fingerprint density at radius 3 is 2.76 bits per heavy atom. The minimum atomic E-state index is 0.320. The van der Waals surface area contributed by atoms with E-state index >= 15 is 0 Å². The zero-order valence-corrected chi connectivity index (χ0v) is 11.5. The Morgan fingerprint density at radius 1 is 1.35 bits per heavy atom. The second kappa shape index (κ2) is 4.81. The molecule has 0 spiro atoms. The van der Waals surface area contributed by atoms with Gasteiger partial charge in [-0.2, -0.15) is 0 Å². The topological polar surface area (TPSA) is 37.8 Å². The third-order valence-corrected chi connectivity index (χ3v) is 3.83. The van der Waals surface area contributed by atoms with Crippen LogP contribution in [0.3, 0.4) is 0 Å². The summed E-state index contributed by atoms with van der Waals surface area (Å²) in [4.78, 5) is 8.31. The Labute approximate surface area is 108 Å². The van der Waals surface area contributed by atoms with Gasteiger partial charge in [-0.05, 0) is 36.8 Å². The molecule has 3 nitrogen and oxygen atoms in total. The molecular formula is C13H20ClN3. The summed E-state index contributed by atoms with van der Waals surface area (Å²) in [6.07, 6.45) is 5.09. The number of aromatic nitrogens is 2. The van der Waals surface area contributed by atoms with Crippen molar-refractivity contribution in [3.05, 3.63) is 17.0 Å². The van der Waals surface area contributed by atoms with Gasteiger partial charge in [0.15, 0.2) is 0 Å². The summed E-state index contributed by atoms with van der Waals surface area (Å²) in [6, 6.07) is 2.43. The maximum Gasteiger partial charge on any atom is 0.224 e. The molecule has 0 amide bonds. The first-order valence-corrected chi connectivity index (χ1v) is 6.63. The second-order valence-electron chi connectivity index (χ2n) is 5.59. The average Bonchev–Trinajstić information content (AvgIpc) is 2.19. The smallest absolute Gasteiger partial charge is 0.224 e. The summed E-state index contributed by atoms with van der Waals surface area (Å²) in [5.74, 6) is 0.850. The highest BCUT2D eigenvalue weighted by Gasteiger charge is 2.32. The van der Waals surface area contributed by atoms with Crippen LogP contribution in [0.2, 0.25) is 5.28 Å². The molecule has 1 fully saturated rings. The number of hydrogen-bond acceptors (Lipinski definition) is 3. The van der Waals surface area contributed by atoms with Crippen molar-refractivity contribution >= 4 is 17.4 Å². The van der Waals surface area contributed by atoms with E-state index in [4.69, 9.17) is 11.6 Å². The zero-order chi connectivity index (χ0) is 12.5. The van der Waals surface area contributed by atoms with Crippen molar-refractivity contribution in [1.29, 1.82) is 0 Å². The van der Waals surface area contributed by atoms with Crippen LogP contribution in [0.5, 0.6) is 0 Å². The van der Waals surface area contributed by atoms with Gasteiger partial charge in [-0.15, -0.1) is 0 Å². The lowest BCUT2D eigenvalue weighted by atomic mass is 9.73.